The number of hydrogen-bond acceptors (Lipinski definition) is 4. The molecule has 2 aromatic rings. The summed E-state index contributed by atoms with van der Waals surface area (Å²) >= 11 is 0. The Kier molecular flexibility index (Phi) is 6.29. The van der Waals surface area contributed by atoms with Gasteiger partial charge in [0.15, 0.2) is 0 Å². The summed E-state index contributed by atoms with van der Waals surface area (Å²) in [5.41, 5.74) is 9.51. The maximum atomic E-state index is 12.7. The van der Waals surface area contributed by atoms with E-state index >= 15 is 0 Å². The zero-order chi connectivity index (χ0) is 21.0. The molecule has 1 aliphatic rings. The minimum absolute atomic E-state index is 0.0241. The van der Waals surface area contributed by atoms with Crippen molar-refractivity contribution in [3.05, 3.63) is 65.2 Å². The zero-order valence-corrected chi connectivity index (χ0v) is 16.7. The fraction of sp³-hybridized carbons (Fsp3) is 0.318. The highest BCUT2D eigenvalue weighted by molar-refractivity contribution is 5.94. The summed E-state index contributed by atoms with van der Waals surface area (Å²) in [7, 11) is 1.58. The number of anilines is 1. The first-order valence-corrected chi connectivity index (χ1v) is 9.54. The highest BCUT2D eigenvalue weighted by Crippen LogP contribution is 2.23. The predicted molar refractivity (Wildman–Crippen MR) is 111 cm³/mol. The maximum absolute atomic E-state index is 12.7. The van der Waals surface area contributed by atoms with E-state index in [1.165, 1.54) is 4.90 Å². The molecule has 0 radical (unpaired) electrons. The van der Waals surface area contributed by atoms with E-state index in [-0.39, 0.29) is 24.9 Å². The van der Waals surface area contributed by atoms with Gasteiger partial charge in [0, 0.05) is 19.3 Å². The van der Waals surface area contributed by atoms with Gasteiger partial charge in [-0.05, 0) is 36.6 Å². The molecule has 3 rings (SSSR count). The third kappa shape index (κ3) is 5.20. The van der Waals surface area contributed by atoms with Gasteiger partial charge in [0.05, 0.1) is 19.1 Å². The summed E-state index contributed by atoms with van der Waals surface area (Å²) in [6, 6.07) is 14.7. The van der Waals surface area contributed by atoms with Gasteiger partial charge in [-0.25, -0.2) is 0 Å². The quantitative estimate of drug-likeness (QED) is 0.772. The minimum atomic E-state index is -0.538. The van der Waals surface area contributed by atoms with E-state index in [2.05, 4.69) is 5.32 Å². The van der Waals surface area contributed by atoms with Crippen molar-refractivity contribution in [2.45, 2.75) is 25.9 Å². The number of carbonyl (C=O) groups excluding carboxylic acids is 3. The fourth-order valence-corrected chi connectivity index (χ4v) is 3.46. The Balaban J connectivity index is 1.60. The molecule has 0 bridgehead atoms. The van der Waals surface area contributed by atoms with E-state index < -0.39 is 11.9 Å². The van der Waals surface area contributed by atoms with E-state index in [1.54, 1.807) is 11.9 Å². The molecule has 0 fully saturated rings. The van der Waals surface area contributed by atoms with Crippen molar-refractivity contribution in [3.63, 3.8) is 0 Å². The molecule has 2 aromatic carbocycles. The van der Waals surface area contributed by atoms with E-state index in [9.17, 15) is 14.4 Å². The normalized spacial score (nSPS) is 16.0. The van der Waals surface area contributed by atoms with Crippen LogP contribution in [-0.2, 0) is 27.3 Å². The Labute approximate surface area is 170 Å². The van der Waals surface area contributed by atoms with Crippen LogP contribution in [0.2, 0.25) is 0 Å². The Morgan fingerprint density at radius 2 is 1.76 bits per heavy atom. The molecule has 0 aliphatic carbocycles. The third-order valence-corrected chi connectivity index (χ3v) is 5.15. The number of nitrogens with one attached hydrogen (secondary N) is 1. The van der Waals surface area contributed by atoms with Gasteiger partial charge in [-0.2, -0.15) is 0 Å². The molecule has 0 saturated carbocycles. The number of carbonyl (C=O) groups is 3. The number of hydrogen-bond donors (Lipinski definition) is 2. The second kappa shape index (κ2) is 8.87. The minimum Gasteiger partial charge on any atom is -0.368 e. The predicted octanol–water partition coefficient (Wildman–Crippen LogP) is 1.30. The van der Waals surface area contributed by atoms with Gasteiger partial charge in [0.1, 0.15) is 0 Å². The molecular weight excluding hydrogens is 368 g/mol. The van der Waals surface area contributed by atoms with E-state index in [0.717, 1.165) is 16.7 Å². The van der Waals surface area contributed by atoms with Gasteiger partial charge in [0.25, 0.3) is 0 Å². The van der Waals surface area contributed by atoms with Crippen molar-refractivity contribution in [3.8, 4) is 0 Å². The largest absolute Gasteiger partial charge is 0.368 e. The lowest BCUT2D eigenvalue weighted by atomic mass is 9.93. The monoisotopic (exact) mass is 394 g/mol. The van der Waals surface area contributed by atoms with Crippen LogP contribution >= 0.6 is 0 Å². The molecule has 0 unspecified atom stereocenters. The molecule has 0 spiro atoms. The molecule has 3 N–H and O–H groups in total. The second-order valence-corrected chi connectivity index (χ2v) is 7.46. The van der Waals surface area contributed by atoms with Crippen LogP contribution in [0.25, 0.3) is 0 Å². The molecule has 3 amide bonds. The summed E-state index contributed by atoms with van der Waals surface area (Å²) in [6.07, 6.45) is 0.483. The first kappa shape index (κ1) is 20.5. The first-order valence-electron chi connectivity index (χ1n) is 9.54. The van der Waals surface area contributed by atoms with E-state index in [0.29, 0.717) is 18.7 Å². The van der Waals surface area contributed by atoms with Crippen LogP contribution in [0.4, 0.5) is 5.69 Å². The SMILES string of the molecule is Cc1ccc(NC(=O)CN(C)C(=O)CN2Cc3ccccc3C[C@H]2C(N)=O)cc1. The molecule has 7 nitrogen and oxygen atoms in total. The summed E-state index contributed by atoms with van der Waals surface area (Å²) < 4.78 is 0. The van der Waals surface area contributed by atoms with E-state index in [4.69, 9.17) is 5.73 Å². The van der Waals surface area contributed by atoms with Gasteiger partial charge in [-0.3, -0.25) is 19.3 Å². The van der Waals surface area contributed by atoms with E-state index in [1.807, 2.05) is 55.5 Å². The first-order chi connectivity index (χ1) is 13.8. The van der Waals surface area contributed by atoms with Crippen molar-refractivity contribution < 1.29 is 14.4 Å². The van der Waals surface area contributed by atoms with Crippen LogP contribution in [0.1, 0.15) is 16.7 Å². The molecule has 0 aromatic heterocycles. The van der Waals surface area contributed by atoms with Crippen LogP contribution < -0.4 is 11.1 Å². The van der Waals surface area contributed by atoms with Crippen molar-refractivity contribution in [2.75, 3.05) is 25.5 Å². The van der Waals surface area contributed by atoms with Crippen molar-refractivity contribution >= 4 is 23.4 Å². The lowest BCUT2D eigenvalue weighted by molar-refractivity contribution is -0.136. The zero-order valence-electron chi connectivity index (χ0n) is 16.7. The van der Waals surface area contributed by atoms with Gasteiger partial charge >= 0.3 is 0 Å². The summed E-state index contributed by atoms with van der Waals surface area (Å²) in [4.78, 5) is 40.0. The number of nitrogens with zero attached hydrogens (tertiary/aromatic N) is 2. The Hall–Kier alpha value is -3.19. The number of likely N-dealkylation sites (N-methyl/N-ethyl adjacent to an activating group) is 1. The lowest BCUT2D eigenvalue weighted by Crippen LogP contribution is -2.52. The topological polar surface area (TPSA) is 95.7 Å². The van der Waals surface area contributed by atoms with Crippen LogP contribution in [0.15, 0.2) is 48.5 Å². The number of primary amides is 1. The third-order valence-electron chi connectivity index (χ3n) is 5.15. The number of amides is 3. The number of benzene rings is 2. The summed E-state index contributed by atoms with van der Waals surface area (Å²) in [6.45, 7) is 2.39. The van der Waals surface area contributed by atoms with Crippen molar-refractivity contribution in [1.29, 1.82) is 0 Å². The number of nitrogens with two attached hydrogens (primary N) is 1. The second-order valence-electron chi connectivity index (χ2n) is 7.46. The maximum Gasteiger partial charge on any atom is 0.243 e. The van der Waals surface area contributed by atoms with Crippen LogP contribution in [0.3, 0.4) is 0 Å². The molecule has 1 aliphatic heterocycles. The highest BCUT2D eigenvalue weighted by Gasteiger charge is 2.31. The average molecular weight is 394 g/mol. The summed E-state index contributed by atoms with van der Waals surface area (Å²) in [5, 5.41) is 2.78. The smallest absolute Gasteiger partial charge is 0.243 e. The van der Waals surface area contributed by atoms with Crippen molar-refractivity contribution in [1.82, 2.24) is 9.80 Å². The van der Waals surface area contributed by atoms with Gasteiger partial charge in [0.2, 0.25) is 17.7 Å². The Bertz CT molecular complexity index is 911. The highest BCUT2D eigenvalue weighted by atomic mass is 16.2. The van der Waals surface area contributed by atoms with Crippen LogP contribution in [0.5, 0.6) is 0 Å². The van der Waals surface area contributed by atoms with Crippen LogP contribution in [-0.4, -0.2) is 53.7 Å². The molecule has 0 saturated heterocycles. The number of aryl methyl sites for hydroxylation is 1. The number of fused-ring (bicyclic) bond motifs is 1. The Morgan fingerprint density at radius 3 is 2.41 bits per heavy atom. The van der Waals surface area contributed by atoms with Gasteiger partial charge in [-0.1, -0.05) is 42.0 Å². The molecule has 1 atom stereocenters. The Morgan fingerprint density at radius 1 is 1.10 bits per heavy atom. The standard InChI is InChI=1S/C22H26N4O3/c1-15-7-9-18(10-8-15)24-20(27)13-25(2)21(28)14-26-12-17-6-4-3-5-16(17)11-19(26)22(23)29/h3-10,19H,11-14H2,1-2H3,(H2,23,29)(H,24,27)/t19-/m0/s1. The fourth-order valence-electron chi connectivity index (χ4n) is 3.46. The average Bonchev–Trinajstić information content (AvgIpc) is 2.69. The molecule has 1 heterocycles. The summed E-state index contributed by atoms with van der Waals surface area (Å²) in [5.74, 6) is -0.970. The molecule has 29 heavy (non-hydrogen) atoms. The lowest BCUT2D eigenvalue weighted by Gasteiger charge is -2.35. The van der Waals surface area contributed by atoms with Gasteiger partial charge < -0.3 is 16.0 Å². The molecular formula is C22H26N4O3. The van der Waals surface area contributed by atoms with Gasteiger partial charge in [-0.15, -0.1) is 0 Å². The van der Waals surface area contributed by atoms with Crippen molar-refractivity contribution in [2.24, 2.45) is 5.73 Å². The molecule has 152 valence electrons. The number of rotatable bonds is 6. The van der Waals surface area contributed by atoms with Crippen LogP contribution in [0, 0.1) is 6.92 Å². The molecule has 7 heteroatoms.